The smallest absolute Gasteiger partial charge is 0.407 e. The molecule has 0 aliphatic carbocycles. The molecule has 1 fully saturated rings. The Morgan fingerprint density at radius 3 is 2.53 bits per heavy atom. The number of ether oxygens (including phenoxy) is 1. The number of hydrogen-bond donors (Lipinski definition) is 2. The Hall–Kier alpha value is -1.82. The maximum absolute atomic E-state index is 12.7. The third-order valence-electron chi connectivity index (χ3n) is 2.61. The molecule has 0 bridgehead atoms. The van der Waals surface area contributed by atoms with E-state index >= 15 is 0 Å². The zero-order chi connectivity index (χ0) is 12.4. The molecule has 2 unspecified atom stereocenters. The summed E-state index contributed by atoms with van der Waals surface area (Å²) < 4.78 is 18.1. The molecular formula is C11H12FNO4. The summed E-state index contributed by atoms with van der Waals surface area (Å²) in [6, 6.07) is 5.36. The van der Waals surface area contributed by atoms with E-state index in [2.05, 4.69) is 0 Å². The van der Waals surface area contributed by atoms with Crippen LogP contribution in [0.15, 0.2) is 24.3 Å². The van der Waals surface area contributed by atoms with Gasteiger partial charge in [0.1, 0.15) is 23.8 Å². The average molecular weight is 241 g/mol. The third kappa shape index (κ3) is 2.65. The minimum Gasteiger partial charge on any atom is -0.486 e. The Balaban J connectivity index is 2.00. The first kappa shape index (κ1) is 11.7. The molecule has 2 rings (SSSR count). The molecule has 1 amide bonds. The van der Waals surface area contributed by atoms with Crippen molar-refractivity contribution in [3.63, 3.8) is 0 Å². The van der Waals surface area contributed by atoms with Crippen molar-refractivity contribution >= 4 is 6.09 Å². The maximum atomic E-state index is 12.7. The molecule has 2 atom stereocenters. The molecule has 0 saturated carbocycles. The Morgan fingerprint density at radius 1 is 1.35 bits per heavy atom. The van der Waals surface area contributed by atoms with Crippen molar-refractivity contribution in [3.8, 4) is 5.75 Å². The van der Waals surface area contributed by atoms with Crippen LogP contribution in [0, 0.1) is 5.82 Å². The van der Waals surface area contributed by atoms with Crippen LogP contribution in [0.25, 0.3) is 0 Å². The first-order chi connectivity index (χ1) is 8.06. The lowest BCUT2D eigenvalue weighted by molar-refractivity contribution is 0.0736. The molecule has 1 heterocycles. The van der Waals surface area contributed by atoms with Crippen molar-refractivity contribution in [3.05, 3.63) is 30.1 Å². The van der Waals surface area contributed by atoms with Gasteiger partial charge in [0.05, 0.1) is 13.1 Å². The van der Waals surface area contributed by atoms with E-state index in [1.165, 1.54) is 24.3 Å². The minimum absolute atomic E-state index is 0.0290. The fourth-order valence-electron chi connectivity index (χ4n) is 1.72. The SMILES string of the molecule is O=C(O)N1CC(O)C(Oc2ccc(F)cc2)C1. The molecule has 5 nitrogen and oxygen atoms in total. The molecule has 0 radical (unpaired) electrons. The summed E-state index contributed by atoms with van der Waals surface area (Å²) >= 11 is 0. The summed E-state index contributed by atoms with van der Waals surface area (Å²) in [7, 11) is 0. The minimum atomic E-state index is -1.09. The summed E-state index contributed by atoms with van der Waals surface area (Å²) in [5.74, 6) is 0.0270. The fourth-order valence-corrected chi connectivity index (χ4v) is 1.72. The number of nitrogens with zero attached hydrogens (tertiary/aromatic N) is 1. The van der Waals surface area contributed by atoms with Crippen LogP contribution in [-0.4, -0.2) is 46.5 Å². The van der Waals surface area contributed by atoms with Gasteiger partial charge in [-0.05, 0) is 24.3 Å². The number of benzene rings is 1. The van der Waals surface area contributed by atoms with Crippen molar-refractivity contribution < 1.29 is 24.1 Å². The van der Waals surface area contributed by atoms with Gasteiger partial charge in [0.15, 0.2) is 0 Å². The number of carbonyl (C=O) groups is 1. The number of β-amino-alcohol motifs (C(OH)–C–C–N with tert-alkyl or cyclic N) is 1. The second-order valence-electron chi connectivity index (χ2n) is 3.87. The largest absolute Gasteiger partial charge is 0.486 e. The van der Waals surface area contributed by atoms with Crippen LogP contribution >= 0.6 is 0 Å². The summed E-state index contributed by atoms with van der Waals surface area (Å²) in [6.07, 6.45) is -2.57. The van der Waals surface area contributed by atoms with Crippen molar-refractivity contribution in [1.29, 1.82) is 0 Å². The van der Waals surface area contributed by atoms with Crippen LogP contribution in [0.3, 0.4) is 0 Å². The maximum Gasteiger partial charge on any atom is 0.407 e. The standard InChI is InChI=1S/C11H12FNO4/c12-7-1-3-8(4-2-7)17-10-6-13(11(15)16)5-9(10)14/h1-4,9-10,14H,5-6H2,(H,15,16). The van der Waals surface area contributed by atoms with Gasteiger partial charge in [-0.3, -0.25) is 0 Å². The monoisotopic (exact) mass is 241 g/mol. The number of amides is 1. The third-order valence-corrected chi connectivity index (χ3v) is 2.61. The number of aliphatic hydroxyl groups excluding tert-OH is 1. The highest BCUT2D eigenvalue weighted by molar-refractivity contribution is 5.65. The lowest BCUT2D eigenvalue weighted by Gasteiger charge is -2.15. The Kier molecular flexibility index (Phi) is 3.14. The molecule has 6 heteroatoms. The number of rotatable bonds is 2. The van der Waals surface area contributed by atoms with Crippen molar-refractivity contribution in [2.45, 2.75) is 12.2 Å². The van der Waals surface area contributed by atoms with E-state index < -0.39 is 18.3 Å². The van der Waals surface area contributed by atoms with Crippen LogP contribution in [0.4, 0.5) is 9.18 Å². The zero-order valence-corrected chi connectivity index (χ0v) is 8.91. The number of aliphatic hydroxyl groups is 1. The van der Waals surface area contributed by atoms with Gasteiger partial charge in [-0.15, -0.1) is 0 Å². The highest BCUT2D eigenvalue weighted by Crippen LogP contribution is 2.19. The second kappa shape index (κ2) is 4.58. The molecule has 1 aromatic rings. The Morgan fingerprint density at radius 2 is 2.00 bits per heavy atom. The van der Waals surface area contributed by atoms with Gasteiger partial charge in [-0.1, -0.05) is 0 Å². The molecule has 1 aliphatic rings. The van der Waals surface area contributed by atoms with Gasteiger partial charge in [0, 0.05) is 0 Å². The Bertz CT molecular complexity index is 408. The van der Waals surface area contributed by atoms with Gasteiger partial charge in [-0.25, -0.2) is 9.18 Å². The van der Waals surface area contributed by atoms with Crippen molar-refractivity contribution in [1.82, 2.24) is 4.90 Å². The summed E-state index contributed by atoms with van der Waals surface area (Å²) in [5, 5.41) is 18.4. The predicted octanol–water partition coefficient (Wildman–Crippen LogP) is 0.928. The van der Waals surface area contributed by atoms with E-state index in [0.29, 0.717) is 5.75 Å². The van der Waals surface area contributed by atoms with E-state index in [4.69, 9.17) is 9.84 Å². The molecule has 1 aromatic carbocycles. The highest BCUT2D eigenvalue weighted by atomic mass is 19.1. The van der Waals surface area contributed by atoms with E-state index in [0.717, 1.165) is 4.90 Å². The Labute approximate surface area is 97.0 Å². The van der Waals surface area contributed by atoms with Crippen LogP contribution in [0.1, 0.15) is 0 Å². The average Bonchev–Trinajstić information content (AvgIpc) is 2.64. The van der Waals surface area contributed by atoms with Crippen LogP contribution in [-0.2, 0) is 0 Å². The van der Waals surface area contributed by atoms with Crippen LogP contribution in [0.2, 0.25) is 0 Å². The topological polar surface area (TPSA) is 70.0 Å². The van der Waals surface area contributed by atoms with E-state index in [1.54, 1.807) is 0 Å². The van der Waals surface area contributed by atoms with Crippen LogP contribution < -0.4 is 4.74 Å². The molecule has 1 aliphatic heterocycles. The molecule has 1 saturated heterocycles. The van der Waals surface area contributed by atoms with Crippen molar-refractivity contribution in [2.75, 3.05) is 13.1 Å². The molecule has 0 aromatic heterocycles. The summed E-state index contributed by atoms with van der Waals surface area (Å²) in [4.78, 5) is 11.8. The number of likely N-dealkylation sites (tertiary alicyclic amines) is 1. The van der Waals surface area contributed by atoms with Gasteiger partial charge < -0.3 is 19.8 Å². The second-order valence-corrected chi connectivity index (χ2v) is 3.87. The highest BCUT2D eigenvalue weighted by Gasteiger charge is 2.35. The van der Waals surface area contributed by atoms with E-state index in [9.17, 15) is 14.3 Å². The molecule has 92 valence electrons. The van der Waals surface area contributed by atoms with Gasteiger partial charge >= 0.3 is 6.09 Å². The normalized spacial score (nSPS) is 23.8. The molecular weight excluding hydrogens is 229 g/mol. The summed E-state index contributed by atoms with van der Waals surface area (Å²) in [6.45, 7) is 0.134. The van der Waals surface area contributed by atoms with Crippen molar-refractivity contribution in [2.24, 2.45) is 0 Å². The van der Waals surface area contributed by atoms with E-state index in [-0.39, 0.29) is 18.9 Å². The predicted molar refractivity (Wildman–Crippen MR) is 56.4 cm³/mol. The molecule has 17 heavy (non-hydrogen) atoms. The van der Waals surface area contributed by atoms with Gasteiger partial charge in [-0.2, -0.15) is 0 Å². The number of halogens is 1. The number of carboxylic acid groups (broad SMARTS) is 1. The lowest BCUT2D eigenvalue weighted by Crippen LogP contribution is -2.30. The molecule has 0 spiro atoms. The first-order valence-electron chi connectivity index (χ1n) is 5.14. The van der Waals surface area contributed by atoms with Crippen LogP contribution in [0.5, 0.6) is 5.75 Å². The number of hydrogen-bond acceptors (Lipinski definition) is 3. The lowest BCUT2D eigenvalue weighted by atomic mass is 10.2. The first-order valence-corrected chi connectivity index (χ1v) is 5.14. The van der Waals surface area contributed by atoms with E-state index in [1.807, 2.05) is 0 Å². The van der Waals surface area contributed by atoms with Gasteiger partial charge in [0.25, 0.3) is 0 Å². The molecule has 2 N–H and O–H groups in total. The quantitative estimate of drug-likeness (QED) is 0.808. The summed E-state index contributed by atoms with van der Waals surface area (Å²) in [5.41, 5.74) is 0. The fraction of sp³-hybridized carbons (Fsp3) is 0.364. The van der Waals surface area contributed by atoms with Gasteiger partial charge in [0.2, 0.25) is 0 Å². The zero-order valence-electron chi connectivity index (χ0n) is 8.91.